The smallest absolute Gasteiger partial charge is 0.269 e. The largest absolute Gasteiger partial charge is 0.350 e. The van der Waals surface area contributed by atoms with Gasteiger partial charge >= 0.3 is 0 Å². The molecule has 10 heteroatoms. The van der Waals surface area contributed by atoms with Crippen molar-refractivity contribution in [1.82, 2.24) is 15.1 Å². The van der Waals surface area contributed by atoms with Gasteiger partial charge in [-0.3, -0.25) is 19.7 Å². The normalized spacial score (nSPS) is 12.2. The second-order valence-corrected chi connectivity index (χ2v) is 8.32. The molecular weight excluding hydrogens is 430 g/mol. The number of fused-ring (bicyclic) bond motifs is 1. The van der Waals surface area contributed by atoms with Crippen LogP contribution in [0.2, 0.25) is 0 Å². The molecule has 1 aromatic heterocycles. The summed E-state index contributed by atoms with van der Waals surface area (Å²) < 4.78 is 1.54. The Morgan fingerprint density at radius 1 is 1.03 bits per heavy atom. The van der Waals surface area contributed by atoms with Crippen molar-refractivity contribution in [2.24, 2.45) is 0 Å². The van der Waals surface area contributed by atoms with Gasteiger partial charge in [0.2, 0.25) is 11.8 Å². The predicted octanol–water partition coefficient (Wildman–Crippen LogP) is 3.04. The van der Waals surface area contributed by atoms with Gasteiger partial charge in [0.15, 0.2) is 0 Å². The number of nitro benzene ring substituents is 1. The average Bonchev–Trinajstić information content (AvgIpc) is 3.36. The lowest BCUT2D eigenvalue weighted by Gasteiger charge is -2.11. The van der Waals surface area contributed by atoms with Crippen LogP contribution in [0.4, 0.5) is 11.5 Å². The summed E-state index contributed by atoms with van der Waals surface area (Å²) in [5.74, 6) is 1.51. The third-order valence-electron chi connectivity index (χ3n) is 5.01. The fraction of sp³-hybridized carbons (Fsp3) is 0.227. The first-order valence-electron chi connectivity index (χ1n) is 9.99. The van der Waals surface area contributed by atoms with Crippen LogP contribution < -0.4 is 10.6 Å². The Kier molecular flexibility index (Phi) is 6.50. The Balaban J connectivity index is 1.42. The standard InChI is InChI=1S/C22H21N5O4S/c28-20(10-15-6-8-17(9-7-15)27(30)31)24-22-18-13-32-14-19(18)25-26(22)12-21(29)23-11-16-4-2-1-3-5-16/h1-9H,10-14H2,(H,23,29)(H,24,28). The van der Waals surface area contributed by atoms with E-state index >= 15 is 0 Å². The van der Waals surface area contributed by atoms with E-state index in [0.29, 0.717) is 23.7 Å². The molecule has 32 heavy (non-hydrogen) atoms. The molecule has 4 rings (SSSR count). The first kappa shape index (κ1) is 21.6. The van der Waals surface area contributed by atoms with Crippen LogP contribution in [0.25, 0.3) is 0 Å². The van der Waals surface area contributed by atoms with E-state index in [2.05, 4.69) is 15.7 Å². The van der Waals surface area contributed by atoms with Crippen molar-refractivity contribution >= 4 is 35.1 Å². The van der Waals surface area contributed by atoms with Crippen LogP contribution in [-0.2, 0) is 40.6 Å². The summed E-state index contributed by atoms with van der Waals surface area (Å²) in [7, 11) is 0. The number of rotatable bonds is 8. The molecule has 2 heterocycles. The Labute approximate surface area is 188 Å². The van der Waals surface area contributed by atoms with E-state index < -0.39 is 4.92 Å². The van der Waals surface area contributed by atoms with E-state index in [9.17, 15) is 19.7 Å². The van der Waals surface area contributed by atoms with Crippen LogP contribution >= 0.6 is 11.8 Å². The minimum Gasteiger partial charge on any atom is -0.350 e. The van der Waals surface area contributed by atoms with Crippen LogP contribution in [0.3, 0.4) is 0 Å². The molecule has 0 radical (unpaired) electrons. The molecule has 0 bridgehead atoms. The van der Waals surface area contributed by atoms with E-state index in [1.54, 1.807) is 28.6 Å². The van der Waals surface area contributed by atoms with Gasteiger partial charge in [0.1, 0.15) is 12.4 Å². The number of amides is 2. The summed E-state index contributed by atoms with van der Waals surface area (Å²) in [5.41, 5.74) is 3.44. The van der Waals surface area contributed by atoms with E-state index in [4.69, 9.17) is 0 Å². The number of nitrogens with zero attached hydrogens (tertiary/aromatic N) is 3. The van der Waals surface area contributed by atoms with E-state index in [-0.39, 0.29) is 30.5 Å². The van der Waals surface area contributed by atoms with Crippen LogP contribution in [0.1, 0.15) is 22.4 Å². The van der Waals surface area contributed by atoms with E-state index in [1.165, 1.54) is 12.1 Å². The summed E-state index contributed by atoms with van der Waals surface area (Å²) in [6.45, 7) is 0.413. The highest BCUT2D eigenvalue weighted by Crippen LogP contribution is 2.34. The molecule has 2 amide bonds. The molecule has 2 aromatic carbocycles. The molecule has 0 saturated carbocycles. The first-order valence-corrected chi connectivity index (χ1v) is 11.1. The monoisotopic (exact) mass is 451 g/mol. The van der Waals surface area contributed by atoms with Crippen LogP contribution in [0, 0.1) is 10.1 Å². The van der Waals surface area contributed by atoms with Crippen molar-refractivity contribution in [1.29, 1.82) is 0 Å². The minimum atomic E-state index is -0.480. The lowest BCUT2D eigenvalue weighted by Crippen LogP contribution is -2.29. The van der Waals surface area contributed by atoms with Crippen LogP contribution in [-0.4, -0.2) is 26.5 Å². The van der Waals surface area contributed by atoms with E-state index in [0.717, 1.165) is 22.6 Å². The first-order chi connectivity index (χ1) is 15.5. The number of anilines is 1. The molecule has 1 aliphatic rings. The summed E-state index contributed by atoms with van der Waals surface area (Å²) >= 11 is 1.70. The van der Waals surface area contributed by atoms with Gasteiger partial charge in [0, 0.05) is 35.7 Å². The van der Waals surface area contributed by atoms with Crippen LogP contribution in [0.15, 0.2) is 54.6 Å². The van der Waals surface area contributed by atoms with Gasteiger partial charge in [0.25, 0.3) is 5.69 Å². The van der Waals surface area contributed by atoms with Gasteiger partial charge in [0.05, 0.1) is 17.0 Å². The number of non-ortho nitro benzene ring substituents is 1. The molecule has 0 fully saturated rings. The fourth-order valence-corrected chi connectivity index (χ4v) is 4.44. The lowest BCUT2D eigenvalue weighted by molar-refractivity contribution is -0.384. The molecule has 0 aliphatic carbocycles. The summed E-state index contributed by atoms with van der Waals surface area (Å²) in [5, 5.41) is 21.1. The maximum atomic E-state index is 12.7. The van der Waals surface area contributed by atoms with Crippen molar-refractivity contribution in [2.45, 2.75) is 31.0 Å². The minimum absolute atomic E-state index is 0.00234. The van der Waals surface area contributed by atoms with Crippen molar-refractivity contribution in [2.75, 3.05) is 5.32 Å². The van der Waals surface area contributed by atoms with Gasteiger partial charge < -0.3 is 10.6 Å². The molecule has 9 nitrogen and oxygen atoms in total. The Hall–Kier alpha value is -3.66. The molecule has 0 saturated heterocycles. The summed E-state index contributed by atoms with van der Waals surface area (Å²) in [6.07, 6.45) is 0.0608. The summed E-state index contributed by atoms with van der Waals surface area (Å²) in [4.78, 5) is 35.4. The molecule has 0 spiro atoms. The topological polar surface area (TPSA) is 119 Å². The number of nitrogens with one attached hydrogen (secondary N) is 2. The molecule has 164 valence electrons. The maximum absolute atomic E-state index is 12.7. The third-order valence-corrected chi connectivity index (χ3v) is 5.98. The number of hydrogen-bond acceptors (Lipinski definition) is 6. The average molecular weight is 452 g/mol. The van der Waals surface area contributed by atoms with Gasteiger partial charge in [-0.15, -0.1) is 0 Å². The molecule has 1 aliphatic heterocycles. The fourth-order valence-electron chi connectivity index (χ4n) is 3.41. The number of carbonyl (C=O) groups excluding carboxylic acids is 2. The van der Waals surface area contributed by atoms with Crippen molar-refractivity contribution in [3.63, 3.8) is 0 Å². The van der Waals surface area contributed by atoms with Crippen molar-refractivity contribution in [3.05, 3.63) is 87.1 Å². The molecular formula is C22H21N5O4S. The van der Waals surface area contributed by atoms with Gasteiger partial charge in [-0.05, 0) is 11.1 Å². The maximum Gasteiger partial charge on any atom is 0.269 e. The highest BCUT2D eigenvalue weighted by Gasteiger charge is 2.25. The van der Waals surface area contributed by atoms with Gasteiger partial charge in [-0.25, -0.2) is 4.68 Å². The Morgan fingerprint density at radius 2 is 1.78 bits per heavy atom. The third kappa shape index (κ3) is 5.14. The Bertz CT molecular complexity index is 1150. The second kappa shape index (κ2) is 9.65. The molecule has 0 unspecified atom stereocenters. The van der Waals surface area contributed by atoms with Gasteiger partial charge in [-0.1, -0.05) is 42.5 Å². The number of nitro groups is 1. The zero-order valence-electron chi connectivity index (χ0n) is 17.1. The predicted molar refractivity (Wildman–Crippen MR) is 121 cm³/mol. The Morgan fingerprint density at radius 3 is 2.50 bits per heavy atom. The van der Waals surface area contributed by atoms with Crippen molar-refractivity contribution in [3.8, 4) is 0 Å². The number of hydrogen-bond donors (Lipinski definition) is 2. The zero-order chi connectivity index (χ0) is 22.5. The summed E-state index contributed by atoms with van der Waals surface area (Å²) in [6, 6.07) is 15.5. The van der Waals surface area contributed by atoms with E-state index in [1.807, 2.05) is 30.3 Å². The number of aromatic nitrogens is 2. The lowest BCUT2D eigenvalue weighted by atomic mass is 10.1. The number of carbonyl (C=O) groups is 2. The highest BCUT2D eigenvalue weighted by molar-refractivity contribution is 7.98. The zero-order valence-corrected chi connectivity index (χ0v) is 17.9. The van der Waals surface area contributed by atoms with Gasteiger partial charge in [-0.2, -0.15) is 16.9 Å². The molecule has 3 aromatic rings. The molecule has 0 atom stereocenters. The second-order valence-electron chi connectivity index (χ2n) is 7.34. The SMILES string of the molecule is O=C(Cn1nc2c(c1NC(=O)Cc1ccc([N+](=O)[O-])cc1)CSC2)NCc1ccccc1. The molecule has 2 N–H and O–H groups in total. The van der Waals surface area contributed by atoms with Crippen molar-refractivity contribution < 1.29 is 14.5 Å². The number of thioether (sulfide) groups is 1. The van der Waals surface area contributed by atoms with Crippen LogP contribution in [0.5, 0.6) is 0 Å². The quantitative estimate of drug-likeness (QED) is 0.401. The number of benzene rings is 2. The highest BCUT2D eigenvalue weighted by atomic mass is 32.2.